The van der Waals surface area contributed by atoms with Crippen LogP contribution in [0.3, 0.4) is 0 Å². The van der Waals surface area contributed by atoms with Crippen molar-refractivity contribution in [2.24, 2.45) is 5.92 Å². The molecular weight excluding hydrogens is 224 g/mol. The van der Waals surface area contributed by atoms with Crippen LogP contribution in [0.1, 0.15) is 77.0 Å². The fourth-order valence-electron chi connectivity index (χ4n) is 4.42. The van der Waals surface area contributed by atoms with Crippen molar-refractivity contribution < 1.29 is 9.84 Å². The van der Waals surface area contributed by atoms with Crippen molar-refractivity contribution in [1.29, 1.82) is 0 Å². The zero-order valence-corrected chi connectivity index (χ0v) is 11.6. The monoisotopic (exact) mass is 252 g/mol. The number of rotatable bonds is 4. The van der Waals surface area contributed by atoms with Crippen molar-refractivity contribution in [2.75, 3.05) is 0 Å². The smallest absolute Gasteiger partial charge is 0.0687 e. The normalized spacial score (nSPS) is 33.5. The molecule has 2 saturated carbocycles. The standard InChI is InChI=1S/C16H28O2/c17-15(13-5-1-2-6-13)8-7-14-9-12-16(18-14)10-3-4-11-16/h13-15,17H,1-12H2. The van der Waals surface area contributed by atoms with E-state index in [0.29, 0.717) is 12.0 Å². The molecular formula is C16H28O2. The van der Waals surface area contributed by atoms with Crippen LogP contribution in [-0.4, -0.2) is 22.9 Å². The Labute approximate surface area is 111 Å². The van der Waals surface area contributed by atoms with E-state index in [1.165, 1.54) is 64.2 Å². The molecule has 0 aromatic rings. The van der Waals surface area contributed by atoms with Gasteiger partial charge in [0.2, 0.25) is 0 Å². The van der Waals surface area contributed by atoms with Crippen LogP contribution in [0.25, 0.3) is 0 Å². The first-order valence-corrected chi connectivity index (χ1v) is 8.13. The zero-order valence-electron chi connectivity index (χ0n) is 11.6. The maximum atomic E-state index is 10.2. The average Bonchev–Trinajstić information content (AvgIpc) is 3.09. The minimum Gasteiger partial charge on any atom is -0.393 e. The molecule has 0 radical (unpaired) electrons. The Bertz CT molecular complexity index is 264. The first-order chi connectivity index (χ1) is 8.77. The lowest BCUT2D eigenvalue weighted by Crippen LogP contribution is -2.26. The highest BCUT2D eigenvalue weighted by Gasteiger charge is 2.42. The quantitative estimate of drug-likeness (QED) is 0.824. The Hall–Kier alpha value is -0.0800. The topological polar surface area (TPSA) is 29.5 Å². The molecule has 104 valence electrons. The van der Waals surface area contributed by atoms with Gasteiger partial charge in [-0.15, -0.1) is 0 Å². The number of ether oxygens (including phenoxy) is 1. The molecule has 0 amide bonds. The molecule has 1 heterocycles. The fourth-order valence-corrected chi connectivity index (χ4v) is 4.42. The molecule has 2 atom stereocenters. The third kappa shape index (κ3) is 2.75. The third-order valence-electron chi connectivity index (χ3n) is 5.58. The third-order valence-corrected chi connectivity index (χ3v) is 5.58. The lowest BCUT2D eigenvalue weighted by molar-refractivity contribution is -0.0446. The Morgan fingerprint density at radius 2 is 1.72 bits per heavy atom. The summed E-state index contributed by atoms with van der Waals surface area (Å²) in [6.45, 7) is 0. The van der Waals surface area contributed by atoms with Crippen molar-refractivity contribution in [3.63, 3.8) is 0 Å². The highest BCUT2D eigenvalue weighted by atomic mass is 16.5. The van der Waals surface area contributed by atoms with Gasteiger partial charge in [0, 0.05) is 0 Å². The van der Waals surface area contributed by atoms with E-state index in [4.69, 9.17) is 4.74 Å². The van der Waals surface area contributed by atoms with Gasteiger partial charge in [-0.05, 0) is 57.3 Å². The van der Waals surface area contributed by atoms with Crippen molar-refractivity contribution in [2.45, 2.75) is 94.9 Å². The van der Waals surface area contributed by atoms with Crippen LogP contribution in [0.4, 0.5) is 0 Å². The SMILES string of the molecule is OC(CCC1CCC2(CCCC2)O1)C1CCCC1. The molecule has 2 heteroatoms. The van der Waals surface area contributed by atoms with Crippen molar-refractivity contribution in [3.8, 4) is 0 Å². The predicted molar refractivity (Wildman–Crippen MR) is 72.5 cm³/mol. The van der Waals surface area contributed by atoms with E-state index in [1.54, 1.807) is 0 Å². The average molecular weight is 252 g/mol. The summed E-state index contributed by atoms with van der Waals surface area (Å²) in [5.74, 6) is 0.590. The number of hydrogen-bond donors (Lipinski definition) is 1. The van der Waals surface area contributed by atoms with Gasteiger partial charge in [0.25, 0.3) is 0 Å². The summed E-state index contributed by atoms with van der Waals surface area (Å²) < 4.78 is 6.31. The molecule has 1 aliphatic heterocycles. The van der Waals surface area contributed by atoms with Gasteiger partial charge in [0.05, 0.1) is 17.8 Å². The van der Waals surface area contributed by atoms with E-state index in [2.05, 4.69) is 0 Å². The predicted octanol–water partition coefficient (Wildman–Crippen LogP) is 3.81. The molecule has 1 spiro atoms. The van der Waals surface area contributed by atoms with Gasteiger partial charge in [-0.2, -0.15) is 0 Å². The molecule has 0 aromatic heterocycles. The molecule has 3 fully saturated rings. The van der Waals surface area contributed by atoms with E-state index in [1.807, 2.05) is 0 Å². The summed E-state index contributed by atoms with van der Waals surface area (Å²) in [6.07, 6.45) is 15.4. The van der Waals surface area contributed by atoms with Crippen LogP contribution in [-0.2, 0) is 4.74 Å². The van der Waals surface area contributed by atoms with E-state index in [-0.39, 0.29) is 11.7 Å². The summed E-state index contributed by atoms with van der Waals surface area (Å²) in [5.41, 5.74) is 0.267. The molecule has 3 rings (SSSR count). The van der Waals surface area contributed by atoms with Gasteiger partial charge in [-0.1, -0.05) is 25.7 Å². The Kier molecular flexibility index (Phi) is 3.95. The zero-order chi connectivity index (χ0) is 12.4. The van der Waals surface area contributed by atoms with Crippen molar-refractivity contribution in [1.82, 2.24) is 0 Å². The molecule has 2 unspecified atom stereocenters. The second-order valence-electron chi connectivity index (χ2n) is 6.86. The number of aliphatic hydroxyl groups is 1. The maximum absolute atomic E-state index is 10.2. The maximum Gasteiger partial charge on any atom is 0.0687 e. The summed E-state index contributed by atoms with van der Waals surface area (Å²) in [7, 11) is 0. The van der Waals surface area contributed by atoms with Gasteiger partial charge in [-0.25, -0.2) is 0 Å². The second kappa shape index (κ2) is 5.50. The molecule has 18 heavy (non-hydrogen) atoms. The summed E-state index contributed by atoms with van der Waals surface area (Å²) in [4.78, 5) is 0. The minimum absolute atomic E-state index is 0.0590. The highest BCUT2D eigenvalue weighted by molar-refractivity contribution is 4.93. The second-order valence-corrected chi connectivity index (χ2v) is 6.86. The van der Waals surface area contributed by atoms with Crippen molar-refractivity contribution >= 4 is 0 Å². The van der Waals surface area contributed by atoms with E-state index >= 15 is 0 Å². The molecule has 1 saturated heterocycles. The van der Waals surface area contributed by atoms with E-state index < -0.39 is 0 Å². The Morgan fingerprint density at radius 3 is 2.44 bits per heavy atom. The molecule has 1 N–H and O–H groups in total. The van der Waals surface area contributed by atoms with E-state index in [9.17, 15) is 5.11 Å². The first kappa shape index (κ1) is 12.9. The van der Waals surface area contributed by atoms with Gasteiger partial charge in [-0.3, -0.25) is 0 Å². The summed E-state index contributed by atoms with van der Waals surface area (Å²) in [5, 5.41) is 10.2. The molecule has 2 nitrogen and oxygen atoms in total. The van der Waals surface area contributed by atoms with Gasteiger partial charge in [0.1, 0.15) is 0 Å². The molecule has 2 aliphatic carbocycles. The molecule has 0 aromatic carbocycles. The molecule has 3 aliphatic rings. The Balaban J connectivity index is 1.41. The van der Waals surface area contributed by atoms with Crippen LogP contribution in [0, 0.1) is 5.92 Å². The van der Waals surface area contributed by atoms with Gasteiger partial charge in [0.15, 0.2) is 0 Å². The number of aliphatic hydroxyl groups excluding tert-OH is 1. The fraction of sp³-hybridized carbons (Fsp3) is 1.00. The van der Waals surface area contributed by atoms with Crippen LogP contribution in [0.15, 0.2) is 0 Å². The van der Waals surface area contributed by atoms with Crippen LogP contribution in [0.5, 0.6) is 0 Å². The van der Waals surface area contributed by atoms with Gasteiger partial charge >= 0.3 is 0 Å². The molecule has 0 bridgehead atoms. The van der Waals surface area contributed by atoms with Crippen LogP contribution >= 0.6 is 0 Å². The van der Waals surface area contributed by atoms with Gasteiger partial charge < -0.3 is 9.84 Å². The lowest BCUT2D eigenvalue weighted by Gasteiger charge is -2.25. The first-order valence-electron chi connectivity index (χ1n) is 8.13. The summed E-state index contributed by atoms with van der Waals surface area (Å²) in [6, 6.07) is 0. The summed E-state index contributed by atoms with van der Waals surface area (Å²) >= 11 is 0. The van der Waals surface area contributed by atoms with Crippen molar-refractivity contribution in [3.05, 3.63) is 0 Å². The minimum atomic E-state index is -0.0590. The van der Waals surface area contributed by atoms with Crippen LogP contribution in [0.2, 0.25) is 0 Å². The highest BCUT2D eigenvalue weighted by Crippen LogP contribution is 2.44. The van der Waals surface area contributed by atoms with E-state index in [0.717, 1.165) is 12.8 Å². The number of hydrogen-bond acceptors (Lipinski definition) is 2. The lowest BCUT2D eigenvalue weighted by atomic mass is 9.94. The Morgan fingerprint density at radius 1 is 1.00 bits per heavy atom. The van der Waals surface area contributed by atoms with Crippen LogP contribution < -0.4 is 0 Å². The largest absolute Gasteiger partial charge is 0.393 e.